The zero-order chi connectivity index (χ0) is 20.4. The minimum absolute atomic E-state index is 0.161. The number of carbonyl (C=O) groups is 1. The standard InChI is InChI=1S/C19H22FN5O4/c1-28-13-2-3-15(14(20)10-13)23-17-16-18(22-11-21-17)25(8-9-29-16)12-4-6-24(7-5-12)19(26)27/h2-3,10-12H,4-9H2,1H3,(H,26,27)(H,21,22,23). The van der Waals surface area contributed by atoms with Crippen LogP contribution in [0.4, 0.5) is 26.5 Å². The molecule has 9 nitrogen and oxygen atoms in total. The van der Waals surface area contributed by atoms with Crippen LogP contribution in [0.3, 0.4) is 0 Å². The quantitative estimate of drug-likeness (QED) is 0.804. The summed E-state index contributed by atoms with van der Waals surface area (Å²) in [5.74, 6) is 1.44. The normalized spacial score (nSPS) is 16.8. The summed E-state index contributed by atoms with van der Waals surface area (Å²) >= 11 is 0. The van der Waals surface area contributed by atoms with Gasteiger partial charge in [-0.05, 0) is 25.0 Å². The van der Waals surface area contributed by atoms with Crippen LogP contribution in [0.2, 0.25) is 0 Å². The Hall–Kier alpha value is -3.30. The van der Waals surface area contributed by atoms with Gasteiger partial charge in [0.2, 0.25) is 5.75 Å². The van der Waals surface area contributed by atoms with Gasteiger partial charge in [-0.1, -0.05) is 0 Å². The molecule has 2 aromatic rings. The molecule has 2 N–H and O–H groups in total. The van der Waals surface area contributed by atoms with Gasteiger partial charge in [0, 0.05) is 25.2 Å². The van der Waals surface area contributed by atoms with E-state index < -0.39 is 11.9 Å². The second kappa shape index (κ2) is 7.98. The Morgan fingerprint density at radius 1 is 1.31 bits per heavy atom. The number of benzene rings is 1. The van der Waals surface area contributed by atoms with Crippen molar-refractivity contribution in [3.05, 3.63) is 30.3 Å². The molecule has 0 radical (unpaired) electrons. The highest BCUT2D eigenvalue weighted by Crippen LogP contribution is 2.39. The number of halogens is 1. The minimum atomic E-state index is -0.888. The lowest BCUT2D eigenvalue weighted by Gasteiger charge is -2.40. The largest absolute Gasteiger partial charge is 0.497 e. The molecule has 1 amide bonds. The predicted molar refractivity (Wildman–Crippen MR) is 104 cm³/mol. The first-order chi connectivity index (χ1) is 14.1. The molecular weight excluding hydrogens is 381 g/mol. The molecule has 4 rings (SSSR count). The molecule has 1 fully saturated rings. The maximum atomic E-state index is 14.3. The number of piperidine rings is 1. The van der Waals surface area contributed by atoms with Crippen molar-refractivity contribution in [2.24, 2.45) is 0 Å². The number of carboxylic acid groups (broad SMARTS) is 1. The predicted octanol–water partition coefficient (Wildman–Crippen LogP) is 2.71. The van der Waals surface area contributed by atoms with Gasteiger partial charge >= 0.3 is 6.09 Å². The Morgan fingerprint density at radius 3 is 2.79 bits per heavy atom. The van der Waals surface area contributed by atoms with E-state index >= 15 is 0 Å². The summed E-state index contributed by atoms with van der Waals surface area (Å²) in [6, 6.07) is 4.68. The van der Waals surface area contributed by atoms with Gasteiger partial charge in [0.05, 0.1) is 19.3 Å². The van der Waals surface area contributed by atoms with E-state index in [0.717, 1.165) is 0 Å². The fourth-order valence-electron chi connectivity index (χ4n) is 3.72. The van der Waals surface area contributed by atoms with E-state index in [1.165, 1.54) is 24.4 Å². The van der Waals surface area contributed by atoms with E-state index in [9.17, 15) is 9.18 Å². The van der Waals surface area contributed by atoms with E-state index in [4.69, 9.17) is 14.6 Å². The second-order valence-electron chi connectivity index (χ2n) is 6.89. The van der Waals surface area contributed by atoms with Crippen LogP contribution in [-0.2, 0) is 0 Å². The number of methoxy groups -OCH3 is 1. The van der Waals surface area contributed by atoms with Crippen molar-refractivity contribution >= 4 is 23.4 Å². The highest BCUT2D eigenvalue weighted by atomic mass is 19.1. The number of anilines is 3. The Bertz CT molecular complexity index is 904. The topological polar surface area (TPSA) is 100 Å². The van der Waals surface area contributed by atoms with Crippen LogP contribution < -0.4 is 19.7 Å². The van der Waals surface area contributed by atoms with E-state index in [0.29, 0.717) is 62.2 Å². The third-order valence-electron chi connectivity index (χ3n) is 5.24. The number of nitrogens with zero attached hydrogens (tertiary/aromatic N) is 4. The zero-order valence-electron chi connectivity index (χ0n) is 16.0. The summed E-state index contributed by atoms with van der Waals surface area (Å²) in [6.07, 6.45) is 1.95. The van der Waals surface area contributed by atoms with Crippen molar-refractivity contribution in [2.45, 2.75) is 18.9 Å². The summed E-state index contributed by atoms with van der Waals surface area (Å²) in [5.41, 5.74) is 0.252. The third-order valence-corrected chi connectivity index (χ3v) is 5.24. The van der Waals surface area contributed by atoms with Gasteiger partial charge < -0.3 is 29.7 Å². The Kier molecular flexibility index (Phi) is 5.24. The van der Waals surface area contributed by atoms with E-state index in [1.54, 1.807) is 12.1 Å². The molecule has 154 valence electrons. The summed E-state index contributed by atoms with van der Waals surface area (Å²) in [6.45, 7) is 2.07. The SMILES string of the molecule is COc1ccc(Nc2ncnc3c2OCCN3C2CCN(C(=O)O)CC2)c(F)c1. The maximum absolute atomic E-state index is 14.3. The molecule has 2 aliphatic heterocycles. The molecular formula is C19H22FN5O4. The highest BCUT2D eigenvalue weighted by Gasteiger charge is 2.32. The molecule has 1 saturated heterocycles. The number of nitrogens with one attached hydrogen (secondary N) is 1. The van der Waals surface area contributed by atoms with Gasteiger partial charge in [-0.3, -0.25) is 0 Å². The van der Waals surface area contributed by atoms with Gasteiger partial charge in [-0.25, -0.2) is 19.2 Å². The Balaban J connectivity index is 1.56. The molecule has 0 spiro atoms. The number of ether oxygens (including phenoxy) is 2. The van der Waals surface area contributed by atoms with Crippen molar-refractivity contribution in [3.63, 3.8) is 0 Å². The fraction of sp³-hybridized carbons (Fsp3) is 0.421. The van der Waals surface area contributed by atoms with Crippen LogP contribution in [-0.4, -0.2) is 65.5 Å². The number of hydrogen-bond acceptors (Lipinski definition) is 7. The zero-order valence-corrected chi connectivity index (χ0v) is 16.0. The van der Waals surface area contributed by atoms with Crippen LogP contribution in [0.5, 0.6) is 11.5 Å². The first-order valence-corrected chi connectivity index (χ1v) is 9.39. The van der Waals surface area contributed by atoms with Crippen molar-refractivity contribution in [3.8, 4) is 11.5 Å². The van der Waals surface area contributed by atoms with Crippen LogP contribution in [0.25, 0.3) is 0 Å². The first kappa shape index (κ1) is 19.0. The van der Waals surface area contributed by atoms with Crippen molar-refractivity contribution < 1.29 is 23.8 Å². The van der Waals surface area contributed by atoms with Crippen LogP contribution in [0.1, 0.15) is 12.8 Å². The average molecular weight is 403 g/mol. The summed E-state index contributed by atoms with van der Waals surface area (Å²) < 4.78 is 25.2. The average Bonchev–Trinajstić information content (AvgIpc) is 2.75. The fourth-order valence-corrected chi connectivity index (χ4v) is 3.72. The molecule has 0 saturated carbocycles. The molecule has 29 heavy (non-hydrogen) atoms. The van der Waals surface area contributed by atoms with Crippen LogP contribution in [0, 0.1) is 5.82 Å². The van der Waals surface area contributed by atoms with Crippen molar-refractivity contribution in [1.82, 2.24) is 14.9 Å². The number of aromatic nitrogens is 2. The molecule has 1 aromatic carbocycles. The number of amides is 1. The lowest BCUT2D eigenvalue weighted by Crippen LogP contribution is -2.49. The van der Waals surface area contributed by atoms with Crippen molar-refractivity contribution in [2.75, 3.05) is 43.6 Å². The van der Waals surface area contributed by atoms with E-state index in [1.807, 2.05) is 0 Å². The smallest absolute Gasteiger partial charge is 0.407 e. The highest BCUT2D eigenvalue weighted by molar-refractivity contribution is 5.71. The van der Waals surface area contributed by atoms with Crippen molar-refractivity contribution in [1.29, 1.82) is 0 Å². The molecule has 3 heterocycles. The van der Waals surface area contributed by atoms with Gasteiger partial charge in [0.25, 0.3) is 0 Å². The number of rotatable bonds is 4. The maximum Gasteiger partial charge on any atom is 0.407 e. The summed E-state index contributed by atoms with van der Waals surface area (Å²) in [4.78, 5) is 23.3. The molecule has 0 bridgehead atoms. The number of hydrogen-bond donors (Lipinski definition) is 2. The second-order valence-corrected chi connectivity index (χ2v) is 6.89. The summed E-state index contributed by atoms with van der Waals surface area (Å²) in [5, 5.41) is 12.1. The molecule has 10 heteroatoms. The van der Waals surface area contributed by atoms with E-state index in [2.05, 4.69) is 20.2 Å². The molecule has 0 unspecified atom stereocenters. The van der Waals surface area contributed by atoms with Gasteiger partial charge in [0.1, 0.15) is 24.5 Å². The monoisotopic (exact) mass is 403 g/mol. The van der Waals surface area contributed by atoms with Gasteiger partial charge in [0.15, 0.2) is 11.6 Å². The molecule has 2 aliphatic rings. The minimum Gasteiger partial charge on any atom is -0.497 e. The van der Waals surface area contributed by atoms with Gasteiger partial charge in [-0.2, -0.15) is 0 Å². The lowest BCUT2D eigenvalue weighted by atomic mass is 10.0. The van der Waals surface area contributed by atoms with Crippen LogP contribution in [0.15, 0.2) is 24.5 Å². The molecule has 1 aromatic heterocycles. The Morgan fingerprint density at radius 2 is 2.10 bits per heavy atom. The lowest BCUT2D eigenvalue weighted by molar-refractivity contribution is 0.130. The van der Waals surface area contributed by atoms with Gasteiger partial charge in [-0.15, -0.1) is 0 Å². The van der Waals surface area contributed by atoms with E-state index in [-0.39, 0.29) is 11.7 Å². The summed E-state index contributed by atoms with van der Waals surface area (Å²) in [7, 11) is 1.48. The molecule has 0 atom stereocenters. The third kappa shape index (κ3) is 3.82. The number of likely N-dealkylation sites (tertiary alicyclic amines) is 1. The number of fused-ring (bicyclic) bond motifs is 1. The molecule has 0 aliphatic carbocycles. The first-order valence-electron chi connectivity index (χ1n) is 9.39. The van der Waals surface area contributed by atoms with Crippen LogP contribution >= 0.6 is 0 Å². The Labute approximate surface area is 167 Å².